The number of rotatable bonds is 3. The highest BCUT2D eigenvalue weighted by molar-refractivity contribution is 7.90. The van der Waals surface area contributed by atoms with E-state index in [-0.39, 0.29) is 27.8 Å². The number of aromatic carboxylic acids is 1. The Morgan fingerprint density at radius 2 is 1.78 bits per heavy atom. The monoisotopic (exact) mass is 382 g/mol. The Balaban J connectivity index is 2.12. The Hall–Kier alpha value is -2.93. The lowest BCUT2D eigenvalue weighted by molar-refractivity contribution is 0.0689. The van der Waals surface area contributed by atoms with E-state index < -0.39 is 15.8 Å². The largest absolute Gasteiger partial charge is 0.476 e. The van der Waals surface area contributed by atoms with Crippen molar-refractivity contribution in [2.24, 2.45) is 0 Å². The number of hydrogen-bond donors (Lipinski definition) is 1. The minimum atomic E-state index is -3.62. The Bertz CT molecular complexity index is 1180. The van der Waals surface area contributed by atoms with Gasteiger partial charge in [0.25, 0.3) is 0 Å². The van der Waals surface area contributed by atoms with Gasteiger partial charge in [0.15, 0.2) is 15.5 Å². The van der Waals surface area contributed by atoms with Crippen LogP contribution in [0.4, 0.5) is 0 Å². The molecular weight excluding hydrogens is 364 g/mol. The number of hydrogen-bond acceptors (Lipinski definition) is 4. The van der Waals surface area contributed by atoms with Gasteiger partial charge in [0.2, 0.25) is 0 Å². The van der Waals surface area contributed by atoms with Gasteiger partial charge in [0.05, 0.1) is 22.0 Å². The molecule has 0 saturated carbocycles. The maximum Gasteiger partial charge on any atom is 0.356 e. The number of carbonyl (C=O) groups is 1. The van der Waals surface area contributed by atoms with Gasteiger partial charge < -0.3 is 5.11 Å². The molecule has 7 heteroatoms. The molecule has 1 N–H and O–H groups in total. The predicted molar refractivity (Wildman–Crippen MR) is 101 cm³/mol. The van der Waals surface area contributed by atoms with Crippen LogP contribution in [0.1, 0.15) is 41.4 Å². The van der Waals surface area contributed by atoms with Gasteiger partial charge >= 0.3 is 5.97 Å². The van der Waals surface area contributed by atoms with Crippen LogP contribution in [0.15, 0.2) is 53.4 Å². The average molecular weight is 382 g/mol. The summed E-state index contributed by atoms with van der Waals surface area (Å²) in [5.74, 6) is -1.41. The first kappa shape index (κ1) is 17.5. The van der Waals surface area contributed by atoms with Crippen molar-refractivity contribution in [1.82, 2.24) is 9.78 Å². The zero-order valence-electron chi connectivity index (χ0n) is 14.9. The highest BCUT2D eigenvalue weighted by Gasteiger charge is 2.36. The second-order valence-electron chi connectivity index (χ2n) is 6.86. The van der Waals surface area contributed by atoms with Crippen LogP contribution < -0.4 is 0 Å². The van der Waals surface area contributed by atoms with Gasteiger partial charge in [-0.1, -0.05) is 50.2 Å². The first-order chi connectivity index (χ1) is 12.8. The number of sulfone groups is 1. The molecule has 0 spiro atoms. The molecule has 1 aliphatic heterocycles. The molecule has 0 fully saturated rings. The lowest BCUT2D eigenvalue weighted by Crippen LogP contribution is -2.15. The molecular formula is C20H18N2O4S. The lowest BCUT2D eigenvalue weighted by atomic mass is 10.0. The van der Waals surface area contributed by atoms with Gasteiger partial charge in [0.1, 0.15) is 0 Å². The minimum Gasteiger partial charge on any atom is -0.476 e. The number of aromatic nitrogens is 2. The second-order valence-corrected chi connectivity index (χ2v) is 8.82. The fraction of sp³-hybridized carbons (Fsp3) is 0.200. The SMILES string of the molecule is CC(C)c1ccccc1-n1nc(C(=O)O)c2c1-c1ccccc1S(=O)(=O)C2. The minimum absolute atomic E-state index is 0.192. The molecule has 0 amide bonds. The molecule has 4 rings (SSSR count). The van der Waals surface area contributed by atoms with Crippen LogP contribution in [0.2, 0.25) is 0 Å². The van der Waals surface area contributed by atoms with Gasteiger partial charge in [-0.2, -0.15) is 5.10 Å². The van der Waals surface area contributed by atoms with Crippen molar-refractivity contribution in [1.29, 1.82) is 0 Å². The molecule has 138 valence electrons. The summed E-state index contributed by atoms with van der Waals surface area (Å²) >= 11 is 0. The molecule has 1 aliphatic rings. The summed E-state index contributed by atoms with van der Waals surface area (Å²) in [5, 5.41) is 13.9. The summed E-state index contributed by atoms with van der Waals surface area (Å²) in [6.45, 7) is 4.09. The molecule has 0 atom stereocenters. The van der Waals surface area contributed by atoms with Crippen molar-refractivity contribution >= 4 is 15.8 Å². The van der Waals surface area contributed by atoms with Crippen LogP contribution in [0.3, 0.4) is 0 Å². The molecule has 6 nitrogen and oxygen atoms in total. The summed E-state index contributed by atoms with van der Waals surface area (Å²) in [6.07, 6.45) is 0. The smallest absolute Gasteiger partial charge is 0.356 e. The van der Waals surface area contributed by atoms with E-state index in [2.05, 4.69) is 5.10 Å². The fourth-order valence-corrected chi connectivity index (χ4v) is 5.17. The summed E-state index contributed by atoms with van der Waals surface area (Å²) in [4.78, 5) is 12.0. The van der Waals surface area contributed by atoms with Gasteiger partial charge in [-0.15, -0.1) is 0 Å². The first-order valence-corrected chi connectivity index (χ1v) is 10.2. The standard InChI is InChI=1S/C20H18N2O4S/c1-12(2)13-7-3-5-9-16(13)22-19-14-8-4-6-10-17(14)27(25,26)11-15(19)18(21-22)20(23)24/h3-10,12H,11H2,1-2H3,(H,23,24). The van der Waals surface area contributed by atoms with Crippen molar-refractivity contribution in [2.45, 2.75) is 30.4 Å². The Kier molecular flexibility index (Phi) is 3.92. The molecule has 0 unspecified atom stereocenters. The quantitative estimate of drug-likeness (QED) is 0.747. The summed E-state index contributed by atoms with van der Waals surface area (Å²) in [7, 11) is -3.62. The molecule has 1 aromatic heterocycles. The van der Waals surface area contributed by atoms with Crippen LogP contribution in [-0.2, 0) is 15.6 Å². The number of benzene rings is 2. The van der Waals surface area contributed by atoms with Crippen molar-refractivity contribution in [3.8, 4) is 16.9 Å². The first-order valence-electron chi connectivity index (χ1n) is 8.58. The van der Waals surface area contributed by atoms with E-state index in [4.69, 9.17) is 0 Å². The zero-order chi connectivity index (χ0) is 19.3. The topological polar surface area (TPSA) is 89.3 Å². The molecule has 0 radical (unpaired) electrons. The highest BCUT2D eigenvalue weighted by atomic mass is 32.2. The molecule has 0 bridgehead atoms. The van der Waals surface area contributed by atoms with Crippen LogP contribution >= 0.6 is 0 Å². The van der Waals surface area contributed by atoms with E-state index in [1.54, 1.807) is 28.9 Å². The van der Waals surface area contributed by atoms with Crippen LogP contribution in [0.25, 0.3) is 16.9 Å². The number of carboxylic acid groups (broad SMARTS) is 1. The lowest BCUT2D eigenvalue weighted by Gasteiger charge is -2.20. The van der Waals surface area contributed by atoms with Crippen molar-refractivity contribution in [2.75, 3.05) is 0 Å². The molecule has 2 heterocycles. The van der Waals surface area contributed by atoms with Crippen LogP contribution in [0, 0.1) is 0 Å². The molecule has 2 aromatic carbocycles. The number of carboxylic acids is 1. The maximum atomic E-state index is 12.7. The van der Waals surface area contributed by atoms with E-state index >= 15 is 0 Å². The van der Waals surface area contributed by atoms with E-state index in [1.807, 2.05) is 38.1 Å². The summed E-state index contributed by atoms with van der Waals surface area (Å²) < 4.78 is 27.0. The molecule has 0 saturated heterocycles. The third kappa shape index (κ3) is 2.66. The molecule has 0 aliphatic carbocycles. The maximum absolute atomic E-state index is 12.7. The highest BCUT2D eigenvalue weighted by Crippen LogP contribution is 2.41. The Labute approximate surface area is 157 Å². The second kappa shape index (κ2) is 6.06. The number of para-hydroxylation sites is 1. The fourth-order valence-electron chi connectivity index (χ4n) is 3.58. The predicted octanol–water partition coefficient (Wildman–Crippen LogP) is 3.65. The van der Waals surface area contributed by atoms with Crippen molar-refractivity contribution < 1.29 is 18.3 Å². The molecule has 3 aromatic rings. The Morgan fingerprint density at radius 3 is 2.48 bits per heavy atom. The van der Waals surface area contributed by atoms with E-state index in [0.717, 1.165) is 11.3 Å². The normalized spacial score (nSPS) is 14.6. The van der Waals surface area contributed by atoms with Crippen molar-refractivity contribution in [3.05, 3.63) is 65.4 Å². The number of nitrogens with zero attached hydrogens (tertiary/aromatic N) is 2. The van der Waals surface area contributed by atoms with Gasteiger partial charge in [-0.25, -0.2) is 17.9 Å². The van der Waals surface area contributed by atoms with Gasteiger partial charge in [-0.3, -0.25) is 0 Å². The molecule has 27 heavy (non-hydrogen) atoms. The number of fused-ring (bicyclic) bond motifs is 3. The van der Waals surface area contributed by atoms with Crippen LogP contribution in [0.5, 0.6) is 0 Å². The average Bonchev–Trinajstić information content (AvgIpc) is 3.00. The van der Waals surface area contributed by atoms with Gasteiger partial charge in [0, 0.05) is 11.1 Å². The Morgan fingerprint density at radius 1 is 1.11 bits per heavy atom. The van der Waals surface area contributed by atoms with E-state index in [9.17, 15) is 18.3 Å². The van der Waals surface area contributed by atoms with E-state index in [0.29, 0.717) is 11.3 Å². The zero-order valence-corrected chi connectivity index (χ0v) is 15.7. The third-order valence-electron chi connectivity index (χ3n) is 4.78. The summed E-state index contributed by atoms with van der Waals surface area (Å²) in [6, 6.07) is 14.3. The third-order valence-corrected chi connectivity index (χ3v) is 6.48. The van der Waals surface area contributed by atoms with E-state index in [1.165, 1.54) is 0 Å². The van der Waals surface area contributed by atoms with Crippen molar-refractivity contribution in [3.63, 3.8) is 0 Å². The van der Waals surface area contributed by atoms with Crippen LogP contribution in [-0.4, -0.2) is 29.3 Å². The van der Waals surface area contributed by atoms with Gasteiger partial charge in [-0.05, 0) is 23.6 Å². The summed E-state index contributed by atoms with van der Waals surface area (Å²) in [5.41, 5.74) is 2.79.